The summed E-state index contributed by atoms with van der Waals surface area (Å²) in [6.45, 7) is 3.99. The van der Waals surface area contributed by atoms with E-state index in [1.54, 1.807) is 6.26 Å². The molecule has 1 aliphatic carbocycles. The number of hydrogen-bond donors (Lipinski definition) is 0. The minimum Gasteiger partial charge on any atom is -0.462 e. The molecular weight excluding hydrogens is 352 g/mol. The number of ether oxygens (including phenoxy) is 2. The molecule has 1 saturated heterocycles. The van der Waals surface area contributed by atoms with Gasteiger partial charge in [-0.2, -0.15) is 0 Å². The van der Waals surface area contributed by atoms with Crippen molar-refractivity contribution in [2.24, 2.45) is 5.92 Å². The maximum absolute atomic E-state index is 13.0. The van der Waals surface area contributed by atoms with Gasteiger partial charge in [-0.3, -0.25) is 9.69 Å². The van der Waals surface area contributed by atoms with Crippen molar-refractivity contribution in [3.63, 3.8) is 0 Å². The van der Waals surface area contributed by atoms with E-state index >= 15 is 0 Å². The lowest BCUT2D eigenvalue weighted by Crippen LogP contribution is -2.52. The summed E-state index contributed by atoms with van der Waals surface area (Å²) in [5.41, 5.74) is 1.22. The number of carbonyl (C=O) groups excluding carboxylic acids is 1. The van der Waals surface area contributed by atoms with Gasteiger partial charge in [0.05, 0.1) is 0 Å². The predicted molar refractivity (Wildman–Crippen MR) is 108 cm³/mol. The first-order valence-corrected chi connectivity index (χ1v) is 10.8. The lowest BCUT2D eigenvalue weighted by atomic mass is 9.93. The highest BCUT2D eigenvalue weighted by Crippen LogP contribution is 2.27. The van der Waals surface area contributed by atoms with E-state index in [0.29, 0.717) is 6.42 Å². The maximum Gasteiger partial charge on any atom is 0.229 e. The highest BCUT2D eigenvalue weighted by atomic mass is 16.7. The van der Waals surface area contributed by atoms with E-state index in [-0.39, 0.29) is 18.6 Å². The van der Waals surface area contributed by atoms with E-state index in [1.165, 1.54) is 37.7 Å². The van der Waals surface area contributed by atoms with Gasteiger partial charge in [-0.1, -0.05) is 49.6 Å². The average molecular weight is 385 g/mol. The molecule has 1 amide bonds. The predicted octanol–water partition coefficient (Wildman–Crippen LogP) is 3.56. The summed E-state index contributed by atoms with van der Waals surface area (Å²) in [4.78, 5) is 17.7. The number of rotatable bonds is 6. The van der Waals surface area contributed by atoms with E-state index in [0.717, 1.165) is 44.4 Å². The van der Waals surface area contributed by atoms with Gasteiger partial charge >= 0.3 is 0 Å². The van der Waals surface area contributed by atoms with Crippen LogP contribution in [0.5, 0.6) is 0 Å². The normalized spacial score (nSPS) is 22.3. The summed E-state index contributed by atoms with van der Waals surface area (Å²) in [6.07, 6.45) is 9.74. The van der Waals surface area contributed by atoms with Crippen LogP contribution in [0.2, 0.25) is 0 Å². The third-order valence-electron chi connectivity index (χ3n) is 6.40. The van der Waals surface area contributed by atoms with Crippen molar-refractivity contribution in [3.05, 3.63) is 47.9 Å². The quantitative estimate of drug-likeness (QED) is 0.752. The Labute approximate surface area is 168 Å². The molecule has 5 heteroatoms. The SMILES string of the molecule is O=C(CC(Cc1ccccc1)C1=COCO1)N1CCN(C2CCCCC2)CC1. The fourth-order valence-corrected chi connectivity index (χ4v) is 4.76. The van der Waals surface area contributed by atoms with E-state index in [4.69, 9.17) is 9.47 Å². The van der Waals surface area contributed by atoms with E-state index in [2.05, 4.69) is 17.0 Å². The van der Waals surface area contributed by atoms with Gasteiger partial charge in [-0.25, -0.2) is 0 Å². The van der Waals surface area contributed by atoms with Crippen LogP contribution in [-0.2, 0) is 20.7 Å². The van der Waals surface area contributed by atoms with Gasteiger partial charge < -0.3 is 14.4 Å². The molecule has 0 spiro atoms. The molecule has 3 aliphatic rings. The molecule has 0 N–H and O–H groups in total. The van der Waals surface area contributed by atoms with E-state index in [1.807, 2.05) is 23.1 Å². The minimum atomic E-state index is 0.0359. The zero-order valence-electron chi connectivity index (χ0n) is 16.7. The van der Waals surface area contributed by atoms with E-state index < -0.39 is 0 Å². The molecule has 4 rings (SSSR count). The number of nitrogens with zero attached hydrogens (tertiary/aromatic N) is 2. The number of amides is 1. The zero-order chi connectivity index (χ0) is 19.2. The molecule has 2 fully saturated rings. The second kappa shape index (κ2) is 9.46. The second-order valence-electron chi connectivity index (χ2n) is 8.25. The molecule has 28 heavy (non-hydrogen) atoms. The lowest BCUT2D eigenvalue weighted by molar-refractivity contribution is -0.134. The monoisotopic (exact) mass is 384 g/mol. The van der Waals surface area contributed by atoms with Crippen LogP contribution in [-0.4, -0.2) is 54.7 Å². The molecule has 1 atom stereocenters. The molecular formula is C23H32N2O3. The van der Waals surface area contributed by atoms with Crippen LogP contribution < -0.4 is 0 Å². The minimum absolute atomic E-state index is 0.0359. The van der Waals surface area contributed by atoms with Crippen molar-refractivity contribution in [1.29, 1.82) is 0 Å². The van der Waals surface area contributed by atoms with Gasteiger partial charge in [0.2, 0.25) is 12.7 Å². The number of allylic oxidation sites excluding steroid dienone is 1. The molecule has 1 unspecified atom stereocenters. The highest BCUT2D eigenvalue weighted by molar-refractivity contribution is 5.77. The van der Waals surface area contributed by atoms with Gasteiger partial charge in [0.25, 0.3) is 0 Å². The second-order valence-corrected chi connectivity index (χ2v) is 8.25. The van der Waals surface area contributed by atoms with Crippen LogP contribution in [0.25, 0.3) is 0 Å². The Kier molecular flexibility index (Phi) is 6.53. The van der Waals surface area contributed by atoms with Crippen molar-refractivity contribution < 1.29 is 14.3 Å². The van der Waals surface area contributed by atoms with Gasteiger partial charge in [0, 0.05) is 44.6 Å². The van der Waals surface area contributed by atoms with Crippen molar-refractivity contribution in [1.82, 2.24) is 9.80 Å². The van der Waals surface area contributed by atoms with Crippen LogP contribution >= 0.6 is 0 Å². The Bertz CT molecular complexity index is 662. The number of carbonyl (C=O) groups is 1. The van der Waals surface area contributed by atoms with Crippen LogP contribution in [0.1, 0.15) is 44.1 Å². The molecule has 0 bridgehead atoms. The van der Waals surface area contributed by atoms with Crippen molar-refractivity contribution in [2.75, 3.05) is 33.0 Å². The van der Waals surface area contributed by atoms with Gasteiger partial charge in [0.1, 0.15) is 12.0 Å². The van der Waals surface area contributed by atoms with E-state index in [9.17, 15) is 4.79 Å². The zero-order valence-corrected chi connectivity index (χ0v) is 16.7. The largest absolute Gasteiger partial charge is 0.462 e. The standard InChI is InChI=1S/C23H32N2O3/c26-23(25-13-11-24(12-14-25)21-9-5-2-6-10-21)16-20(22-17-27-18-28-22)15-19-7-3-1-4-8-19/h1,3-4,7-8,17,20-21H,2,5-6,9-16,18H2. The average Bonchev–Trinajstić information content (AvgIpc) is 3.30. The molecule has 1 aromatic carbocycles. The van der Waals surface area contributed by atoms with Crippen LogP contribution in [0.4, 0.5) is 0 Å². The fraction of sp³-hybridized carbons (Fsp3) is 0.609. The smallest absolute Gasteiger partial charge is 0.229 e. The molecule has 152 valence electrons. The lowest BCUT2D eigenvalue weighted by Gasteiger charge is -2.41. The first kappa shape index (κ1) is 19.3. The van der Waals surface area contributed by atoms with Crippen molar-refractivity contribution >= 4 is 5.91 Å². The van der Waals surface area contributed by atoms with Crippen LogP contribution in [0, 0.1) is 5.92 Å². The summed E-state index contributed by atoms with van der Waals surface area (Å²) in [5, 5.41) is 0. The summed E-state index contributed by atoms with van der Waals surface area (Å²) in [5.74, 6) is 1.08. The first-order valence-electron chi connectivity index (χ1n) is 10.8. The topological polar surface area (TPSA) is 42.0 Å². The fourth-order valence-electron chi connectivity index (χ4n) is 4.76. The summed E-state index contributed by atoms with van der Waals surface area (Å²) in [7, 11) is 0. The summed E-state index contributed by atoms with van der Waals surface area (Å²) in [6, 6.07) is 11.1. The Morgan fingerprint density at radius 2 is 1.79 bits per heavy atom. The van der Waals surface area contributed by atoms with Crippen molar-refractivity contribution in [3.8, 4) is 0 Å². The number of hydrogen-bond acceptors (Lipinski definition) is 4. The maximum atomic E-state index is 13.0. The Hall–Kier alpha value is -2.01. The van der Waals surface area contributed by atoms with Gasteiger partial charge in [0.15, 0.2) is 0 Å². The Morgan fingerprint density at radius 1 is 1.04 bits per heavy atom. The van der Waals surface area contributed by atoms with Gasteiger partial charge in [-0.15, -0.1) is 0 Å². The Morgan fingerprint density at radius 3 is 2.46 bits per heavy atom. The molecule has 1 aromatic rings. The summed E-state index contributed by atoms with van der Waals surface area (Å²) >= 11 is 0. The van der Waals surface area contributed by atoms with Crippen LogP contribution in [0.15, 0.2) is 42.4 Å². The van der Waals surface area contributed by atoms with Crippen molar-refractivity contribution in [2.45, 2.75) is 51.0 Å². The molecule has 0 aromatic heterocycles. The highest BCUT2D eigenvalue weighted by Gasteiger charge is 2.30. The third kappa shape index (κ3) is 4.88. The summed E-state index contributed by atoms with van der Waals surface area (Å²) < 4.78 is 10.9. The molecule has 2 heterocycles. The molecule has 1 saturated carbocycles. The van der Waals surface area contributed by atoms with Gasteiger partial charge in [-0.05, 0) is 24.8 Å². The third-order valence-corrected chi connectivity index (χ3v) is 6.40. The number of benzene rings is 1. The van der Waals surface area contributed by atoms with Crippen LogP contribution in [0.3, 0.4) is 0 Å². The molecule has 2 aliphatic heterocycles. The Balaban J connectivity index is 1.32. The first-order chi connectivity index (χ1) is 13.8. The number of piperazine rings is 1. The molecule has 5 nitrogen and oxygen atoms in total. The molecule has 0 radical (unpaired) electrons.